The fourth-order valence-electron chi connectivity index (χ4n) is 2.19. The van der Waals surface area contributed by atoms with Gasteiger partial charge in [0.1, 0.15) is 11.6 Å². The average Bonchev–Trinajstić information content (AvgIpc) is 2.35. The minimum atomic E-state index is -0.899. The van der Waals surface area contributed by atoms with Crippen molar-refractivity contribution in [1.29, 1.82) is 0 Å². The van der Waals surface area contributed by atoms with Gasteiger partial charge >= 0.3 is 5.97 Å². The lowest BCUT2D eigenvalue weighted by atomic mass is 10.1. The Morgan fingerprint density at radius 2 is 2.32 bits per heavy atom. The predicted molar refractivity (Wildman–Crippen MR) is 65.3 cm³/mol. The first-order chi connectivity index (χ1) is 9.06. The van der Waals surface area contributed by atoms with Crippen LogP contribution in [0.5, 0.6) is 5.75 Å². The fraction of sp³-hybridized carbons (Fsp3) is 0.462. The summed E-state index contributed by atoms with van der Waals surface area (Å²) in [6.07, 6.45) is -0.0317. The van der Waals surface area contributed by atoms with Gasteiger partial charge in [0.2, 0.25) is 0 Å². The van der Waals surface area contributed by atoms with Crippen molar-refractivity contribution in [3.8, 4) is 5.75 Å². The number of hydrogen-bond donors (Lipinski definition) is 2. The number of benzene rings is 1. The molecule has 0 bridgehead atoms. The van der Waals surface area contributed by atoms with E-state index in [0.29, 0.717) is 31.9 Å². The summed E-state index contributed by atoms with van der Waals surface area (Å²) in [4.78, 5) is 12.7. The van der Waals surface area contributed by atoms with Crippen molar-refractivity contribution < 1.29 is 24.1 Å². The van der Waals surface area contributed by atoms with Gasteiger partial charge in [-0.2, -0.15) is 0 Å². The molecule has 1 saturated heterocycles. The summed E-state index contributed by atoms with van der Waals surface area (Å²) in [5, 5.41) is 18.5. The fourth-order valence-corrected chi connectivity index (χ4v) is 2.19. The Morgan fingerprint density at radius 3 is 3.05 bits per heavy atom. The Balaban J connectivity index is 2.10. The van der Waals surface area contributed by atoms with Crippen LogP contribution in [0.25, 0.3) is 0 Å². The van der Waals surface area contributed by atoms with Crippen LogP contribution < -0.4 is 0 Å². The molecule has 2 N–H and O–H groups in total. The number of phenolic OH excluding ortho intramolecular Hbond substituents is 1. The molecule has 1 fully saturated rings. The molecule has 1 aliphatic rings. The molecule has 0 amide bonds. The van der Waals surface area contributed by atoms with Crippen LogP contribution in [0.2, 0.25) is 0 Å². The number of rotatable bonds is 4. The lowest BCUT2D eigenvalue weighted by Crippen LogP contribution is -2.45. The first-order valence-corrected chi connectivity index (χ1v) is 6.07. The average molecular weight is 269 g/mol. The van der Waals surface area contributed by atoms with Crippen molar-refractivity contribution in [1.82, 2.24) is 4.90 Å². The van der Waals surface area contributed by atoms with Crippen LogP contribution >= 0.6 is 0 Å². The summed E-state index contributed by atoms with van der Waals surface area (Å²) in [6, 6.07) is 3.50. The van der Waals surface area contributed by atoms with Crippen molar-refractivity contribution in [2.75, 3.05) is 19.8 Å². The summed E-state index contributed by atoms with van der Waals surface area (Å²) < 4.78 is 18.4. The molecule has 1 heterocycles. The van der Waals surface area contributed by atoms with Crippen molar-refractivity contribution in [2.24, 2.45) is 0 Å². The van der Waals surface area contributed by atoms with E-state index in [-0.39, 0.29) is 18.2 Å². The second-order valence-corrected chi connectivity index (χ2v) is 4.57. The Kier molecular flexibility index (Phi) is 4.34. The molecule has 1 aliphatic heterocycles. The van der Waals surface area contributed by atoms with Crippen LogP contribution in [0, 0.1) is 5.82 Å². The summed E-state index contributed by atoms with van der Waals surface area (Å²) in [7, 11) is 0. The number of hydrogen-bond acceptors (Lipinski definition) is 4. The molecule has 0 aromatic heterocycles. The number of carbonyl (C=O) groups is 1. The minimum absolute atomic E-state index is 0.0157. The third-order valence-corrected chi connectivity index (χ3v) is 3.17. The topological polar surface area (TPSA) is 70.0 Å². The Labute approximate surface area is 110 Å². The number of aliphatic carboxylic acids is 1. The quantitative estimate of drug-likeness (QED) is 0.859. The lowest BCUT2D eigenvalue weighted by molar-refractivity contribution is -0.140. The minimum Gasteiger partial charge on any atom is -0.508 e. The van der Waals surface area contributed by atoms with Crippen molar-refractivity contribution in [3.63, 3.8) is 0 Å². The van der Waals surface area contributed by atoms with E-state index < -0.39 is 11.8 Å². The van der Waals surface area contributed by atoms with Gasteiger partial charge in [0.15, 0.2) is 0 Å². The van der Waals surface area contributed by atoms with Gasteiger partial charge in [-0.05, 0) is 18.2 Å². The summed E-state index contributed by atoms with van der Waals surface area (Å²) in [5.41, 5.74) is 0.456. The molecule has 0 radical (unpaired) electrons. The number of nitrogens with zero attached hydrogens (tertiary/aromatic N) is 1. The number of morpholine rings is 1. The molecule has 1 aromatic rings. The second kappa shape index (κ2) is 5.99. The molecule has 1 atom stereocenters. The van der Waals surface area contributed by atoms with E-state index in [9.17, 15) is 14.3 Å². The standard InChI is InChI=1S/C13H16FNO4/c14-10-1-2-12(16)9(5-10)7-15-3-4-19-8-11(15)6-13(17)18/h1-2,5,11,16H,3-4,6-8H2,(H,17,18). The molecule has 0 aliphatic carbocycles. The molecule has 1 unspecified atom stereocenters. The van der Waals surface area contributed by atoms with E-state index in [4.69, 9.17) is 9.84 Å². The maximum absolute atomic E-state index is 13.2. The summed E-state index contributed by atoms with van der Waals surface area (Å²) >= 11 is 0. The molecule has 0 spiro atoms. The molecule has 6 heteroatoms. The summed E-state index contributed by atoms with van der Waals surface area (Å²) in [6.45, 7) is 1.72. The van der Waals surface area contributed by atoms with Crippen LogP contribution in [0.4, 0.5) is 4.39 Å². The van der Waals surface area contributed by atoms with Crippen LogP contribution in [0.3, 0.4) is 0 Å². The van der Waals surface area contributed by atoms with Gasteiger partial charge in [-0.15, -0.1) is 0 Å². The first-order valence-electron chi connectivity index (χ1n) is 6.07. The molecule has 1 aromatic carbocycles. The van der Waals surface area contributed by atoms with Gasteiger partial charge in [0.25, 0.3) is 0 Å². The Bertz CT molecular complexity index is 466. The highest BCUT2D eigenvalue weighted by atomic mass is 19.1. The second-order valence-electron chi connectivity index (χ2n) is 4.57. The maximum Gasteiger partial charge on any atom is 0.305 e. The highest BCUT2D eigenvalue weighted by Gasteiger charge is 2.26. The van der Waals surface area contributed by atoms with E-state index in [1.807, 2.05) is 4.90 Å². The van der Waals surface area contributed by atoms with Gasteiger partial charge in [-0.25, -0.2) is 4.39 Å². The van der Waals surface area contributed by atoms with Gasteiger partial charge in [-0.1, -0.05) is 0 Å². The molecular formula is C13H16FNO4. The number of carboxylic acids is 1. The smallest absolute Gasteiger partial charge is 0.305 e. The molecule has 104 valence electrons. The first kappa shape index (κ1) is 13.8. The predicted octanol–water partition coefficient (Wildman–Crippen LogP) is 1.21. The Morgan fingerprint density at radius 1 is 1.53 bits per heavy atom. The number of aromatic hydroxyl groups is 1. The van der Waals surface area contributed by atoms with E-state index in [0.717, 1.165) is 0 Å². The third kappa shape index (κ3) is 3.65. The highest BCUT2D eigenvalue weighted by Crippen LogP contribution is 2.22. The van der Waals surface area contributed by atoms with Crippen molar-refractivity contribution in [2.45, 2.75) is 19.0 Å². The Hall–Kier alpha value is -1.66. The van der Waals surface area contributed by atoms with E-state index in [1.165, 1.54) is 18.2 Å². The molecule has 2 rings (SSSR count). The zero-order chi connectivity index (χ0) is 13.8. The van der Waals surface area contributed by atoms with Gasteiger partial charge in [-0.3, -0.25) is 9.69 Å². The number of ether oxygens (including phenoxy) is 1. The highest BCUT2D eigenvalue weighted by molar-refractivity contribution is 5.67. The number of phenols is 1. The largest absolute Gasteiger partial charge is 0.508 e. The molecule has 19 heavy (non-hydrogen) atoms. The van der Waals surface area contributed by atoms with Crippen LogP contribution in [0.1, 0.15) is 12.0 Å². The molecular weight excluding hydrogens is 253 g/mol. The monoisotopic (exact) mass is 269 g/mol. The lowest BCUT2D eigenvalue weighted by Gasteiger charge is -2.34. The van der Waals surface area contributed by atoms with Crippen LogP contribution in [-0.2, 0) is 16.1 Å². The molecule has 5 nitrogen and oxygen atoms in total. The number of halogens is 1. The van der Waals surface area contributed by atoms with Gasteiger partial charge in [0.05, 0.1) is 19.6 Å². The van der Waals surface area contributed by atoms with Gasteiger partial charge in [0, 0.05) is 24.7 Å². The SMILES string of the molecule is O=C(O)CC1COCCN1Cc1cc(F)ccc1O. The zero-order valence-electron chi connectivity index (χ0n) is 10.4. The van der Waals surface area contributed by atoms with Crippen LogP contribution in [0.15, 0.2) is 18.2 Å². The van der Waals surface area contributed by atoms with Crippen LogP contribution in [-0.4, -0.2) is 46.9 Å². The van der Waals surface area contributed by atoms with E-state index in [1.54, 1.807) is 0 Å². The van der Waals surface area contributed by atoms with Crippen molar-refractivity contribution in [3.05, 3.63) is 29.6 Å². The number of carboxylic acid groups (broad SMARTS) is 1. The normalized spacial score (nSPS) is 20.4. The molecule has 0 saturated carbocycles. The van der Waals surface area contributed by atoms with Crippen molar-refractivity contribution >= 4 is 5.97 Å². The van der Waals surface area contributed by atoms with E-state index in [2.05, 4.69) is 0 Å². The van der Waals surface area contributed by atoms with Gasteiger partial charge < -0.3 is 14.9 Å². The maximum atomic E-state index is 13.2. The third-order valence-electron chi connectivity index (χ3n) is 3.17. The zero-order valence-corrected chi connectivity index (χ0v) is 10.4. The summed E-state index contributed by atoms with van der Waals surface area (Å²) in [5.74, 6) is -1.30. The van der Waals surface area contributed by atoms with E-state index >= 15 is 0 Å².